The largest absolute Gasteiger partial charge is 0.325 e. The SMILES string of the molecule is CC(C)(C)c1ccc([C@@]2(C)NC(=O)N(CC(=O)Nc3cccc(C#N)c3)C2=O)cc1. The summed E-state index contributed by atoms with van der Waals surface area (Å²) in [6.45, 7) is 7.50. The van der Waals surface area contributed by atoms with Gasteiger partial charge in [0.15, 0.2) is 0 Å². The summed E-state index contributed by atoms with van der Waals surface area (Å²) in [6.07, 6.45) is 0. The summed E-state index contributed by atoms with van der Waals surface area (Å²) in [5.74, 6) is -1.02. The van der Waals surface area contributed by atoms with Crippen LogP contribution in [0.4, 0.5) is 10.5 Å². The van der Waals surface area contributed by atoms with Crippen molar-refractivity contribution in [3.63, 3.8) is 0 Å². The average molecular weight is 404 g/mol. The molecule has 2 aromatic rings. The lowest BCUT2D eigenvalue weighted by Gasteiger charge is -2.24. The molecular weight excluding hydrogens is 380 g/mol. The molecule has 1 fully saturated rings. The summed E-state index contributed by atoms with van der Waals surface area (Å²) >= 11 is 0. The Morgan fingerprint density at radius 2 is 1.83 bits per heavy atom. The van der Waals surface area contributed by atoms with E-state index >= 15 is 0 Å². The zero-order valence-corrected chi connectivity index (χ0v) is 17.4. The predicted molar refractivity (Wildman–Crippen MR) is 113 cm³/mol. The van der Waals surface area contributed by atoms with Crippen LogP contribution in [0.15, 0.2) is 48.5 Å². The highest BCUT2D eigenvalue weighted by atomic mass is 16.2. The Morgan fingerprint density at radius 3 is 2.43 bits per heavy atom. The van der Waals surface area contributed by atoms with E-state index in [0.29, 0.717) is 16.8 Å². The first-order valence-electron chi connectivity index (χ1n) is 9.60. The number of rotatable bonds is 4. The van der Waals surface area contributed by atoms with E-state index in [1.807, 2.05) is 30.3 Å². The average Bonchev–Trinajstić information content (AvgIpc) is 2.91. The molecule has 3 rings (SSSR count). The molecule has 2 aromatic carbocycles. The summed E-state index contributed by atoms with van der Waals surface area (Å²) in [6, 6.07) is 15.3. The second kappa shape index (κ2) is 7.64. The molecule has 1 heterocycles. The molecule has 0 spiro atoms. The van der Waals surface area contributed by atoms with Crippen molar-refractivity contribution in [2.24, 2.45) is 0 Å². The Morgan fingerprint density at radius 1 is 1.17 bits per heavy atom. The van der Waals surface area contributed by atoms with Crippen LogP contribution >= 0.6 is 0 Å². The van der Waals surface area contributed by atoms with Crippen LogP contribution in [0.1, 0.15) is 44.4 Å². The molecule has 2 N–H and O–H groups in total. The van der Waals surface area contributed by atoms with E-state index in [9.17, 15) is 14.4 Å². The number of nitriles is 1. The summed E-state index contributed by atoms with van der Waals surface area (Å²) in [5.41, 5.74) is 1.31. The molecule has 0 aromatic heterocycles. The van der Waals surface area contributed by atoms with Gasteiger partial charge in [-0.15, -0.1) is 0 Å². The van der Waals surface area contributed by atoms with Gasteiger partial charge in [0, 0.05) is 5.69 Å². The summed E-state index contributed by atoms with van der Waals surface area (Å²) in [5, 5.41) is 14.3. The lowest BCUT2D eigenvalue weighted by molar-refractivity contribution is -0.133. The van der Waals surface area contributed by atoms with Gasteiger partial charge in [0.05, 0.1) is 11.6 Å². The fraction of sp³-hybridized carbons (Fsp3) is 0.304. The van der Waals surface area contributed by atoms with Gasteiger partial charge in [0.1, 0.15) is 12.1 Å². The van der Waals surface area contributed by atoms with Crippen molar-refractivity contribution >= 4 is 23.5 Å². The number of carbonyl (C=O) groups is 3. The van der Waals surface area contributed by atoms with Crippen molar-refractivity contribution in [1.29, 1.82) is 5.26 Å². The van der Waals surface area contributed by atoms with Crippen LogP contribution in [0.3, 0.4) is 0 Å². The standard InChI is InChI=1S/C23H24N4O3/c1-22(2,3)16-8-10-17(11-9-16)23(4)20(29)27(21(30)26-23)14-19(28)25-18-7-5-6-15(12-18)13-24/h5-12H,14H2,1-4H3,(H,25,28)(H,26,30)/t23-/m1/s1. The highest BCUT2D eigenvalue weighted by Crippen LogP contribution is 2.31. The molecule has 1 aliphatic rings. The third-order valence-corrected chi connectivity index (χ3v) is 5.18. The number of nitrogens with zero attached hydrogens (tertiary/aromatic N) is 2. The van der Waals surface area contributed by atoms with Gasteiger partial charge in [-0.2, -0.15) is 5.26 Å². The van der Waals surface area contributed by atoms with Crippen molar-refractivity contribution in [2.45, 2.75) is 38.6 Å². The van der Waals surface area contributed by atoms with Gasteiger partial charge in [-0.1, -0.05) is 51.1 Å². The van der Waals surface area contributed by atoms with Crippen molar-refractivity contribution in [3.8, 4) is 6.07 Å². The highest BCUT2D eigenvalue weighted by Gasteiger charge is 2.49. The normalized spacial score (nSPS) is 18.7. The summed E-state index contributed by atoms with van der Waals surface area (Å²) in [7, 11) is 0. The van der Waals surface area contributed by atoms with Gasteiger partial charge >= 0.3 is 6.03 Å². The minimum absolute atomic E-state index is 0.0324. The van der Waals surface area contributed by atoms with Gasteiger partial charge < -0.3 is 10.6 Å². The molecule has 0 aliphatic carbocycles. The quantitative estimate of drug-likeness (QED) is 0.764. The van der Waals surface area contributed by atoms with Crippen molar-refractivity contribution in [3.05, 3.63) is 65.2 Å². The number of benzene rings is 2. The Hall–Kier alpha value is -3.66. The van der Waals surface area contributed by atoms with Crippen LogP contribution in [-0.4, -0.2) is 29.3 Å². The molecule has 1 aliphatic heterocycles. The Bertz CT molecular complexity index is 1050. The number of urea groups is 1. The first-order valence-corrected chi connectivity index (χ1v) is 9.60. The molecule has 1 atom stereocenters. The first kappa shape index (κ1) is 21.1. The van der Waals surface area contributed by atoms with Crippen LogP contribution in [0, 0.1) is 11.3 Å². The van der Waals surface area contributed by atoms with E-state index in [1.54, 1.807) is 25.1 Å². The monoisotopic (exact) mass is 404 g/mol. The maximum atomic E-state index is 13.0. The molecule has 7 nitrogen and oxygen atoms in total. The van der Waals surface area contributed by atoms with E-state index in [-0.39, 0.29) is 5.41 Å². The molecule has 30 heavy (non-hydrogen) atoms. The van der Waals surface area contributed by atoms with E-state index in [0.717, 1.165) is 10.5 Å². The number of hydrogen-bond donors (Lipinski definition) is 2. The van der Waals surface area contributed by atoms with Crippen LogP contribution in [0.5, 0.6) is 0 Å². The first-order chi connectivity index (χ1) is 14.0. The minimum atomic E-state index is -1.24. The van der Waals surface area contributed by atoms with Crippen LogP contribution in [-0.2, 0) is 20.5 Å². The fourth-order valence-corrected chi connectivity index (χ4v) is 3.35. The predicted octanol–water partition coefficient (Wildman–Crippen LogP) is 3.26. The van der Waals surface area contributed by atoms with E-state index in [2.05, 4.69) is 31.4 Å². The second-order valence-corrected chi connectivity index (χ2v) is 8.51. The maximum Gasteiger partial charge on any atom is 0.325 e. The van der Waals surface area contributed by atoms with Gasteiger partial charge in [0.2, 0.25) is 5.91 Å². The molecule has 0 bridgehead atoms. The summed E-state index contributed by atoms with van der Waals surface area (Å²) < 4.78 is 0. The van der Waals surface area contributed by atoms with Crippen molar-refractivity contribution < 1.29 is 14.4 Å². The smallest absolute Gasteiger partial charge is 0.324 e. The van der Waals surface area contributed by atoms with Crippen molar-refractivity contribution in [2.75, 3.05) is 11.9 Å². The minimum Gasteiger partial charge on any atom is -0.324 e. The van der Waals surface area contributed by atoms with Crippen LogP contribution in [0.2, 0.25) is 0 Å². The van der Waals surface area contributed by atoms with Crippen LogP contribution < -0.4 is 10.6 Å². The highest BCUT2D eigenvalue weighted by molar-refractivity contribution is 6.10. The zero-order chi connectivity index (χ0) is 22.1. The summed E-state index contributed by atoms with van der Waals surface area (Å²) in [4.78, 5) is 38.8. The van der Waals surface area contributed by atoms with Gasteiger partial charge in [-0.05, 0) is 41.7 Å². The Balaban J connectivity index is 1.75. The van der Waals surface area contributed by atoms with E-state index in [1.165, 1.54) is 6.07 Å². The Labute approximate surface area is 175 Å². The molecule has 0 saturated carbocycles. The van der Waals surface area contributed by atoms with Gasteiger partial charge in [-0.25, -0.2) is 4.79 Å². The van der Waals surface area contributed by atoms with Crippen LogP contribution in [0.25, 0.3) is 0 Å². The number of carbonyl (C=O) groups excluding carboxylic acids is 3. The number of anilines is 1. The van der Waals surface area contributed by atoms with Gasteiger partial charge in [-0.3, -0.25) is 14.5 Å². The maximum absolute atomic E-state index is 13.0. The molecule has 7 heteroatoms. The van der Waals surface area contributed by atoms with E-state index < -0.39 is 29.9 Å². The number of imide groups is 1. The lowest BCUT2D eigenvalue weighted by Crippen LogP contribution is -2.42. The third kappa shape index (κ3) is 4.03. The van der Waals surface area contributed by atoms with E-state index in [4.69, 9.17) is 5.26 Å². The lowest BCUT2D eigenvalue weighted by atomic mass is 9.84. The van der Waals surface area contributed by atoms with Crippen molar-refractivity contribution in [1.82, 2.24) is 10.2 Å². The fourth-order valence-electron chi connectivity index (χ4n) is 3.35. The molecule has 1 saturated heterocycles. The number of hydrogen-bond acceptors (Lipinski definition) is 4. The van der Waals surface area contributed by atoms with Gasteiger partial charge in [0.25, 0.3) is 5.91 Å². The third-order valence-electron chi connectivity index (χ3n) is 5.18. The molecule has 154 valence electrons. The second-order valence-electron chi connectivity index (χ2n) is 8.51. The number of amides is 4. The molecule has 0 radical (unpaired) electrons. The molecular formula is C23H24N4O3. The Kier molecular flexibility index (Phi) is 5.36. The molecule has 0 unspecified atom stereocenters. The zero-order valence-electron chi connectivity index (χ0n) is 17.4. The topological polar surface area (TPSA) is 102 Å². The molecule has 4 amide bonds. The number of nitrogens with one attached hydrogen (secondary N) is 2.